The lowest BCUT2D eigenvalue weighted by molar-refractivity contribution is -0.138. The van der Waals surface area contributed by atoms with Crippen LogP contribution in [0.4, 0.5) is 5.69 Å². The van der Waals surface area contributed by atoms with Crippen molar-refractivity contribution in [1.82, 2.24) is 0 Å². The number of amides is 2. The van der Waals surface area contributed by atoms with E-state index in [2.05, 4.69) is 0 Å². The van der Waals surface area contributed by atoms with Crippen molar-refractivity contribution in [3.8, 4) is 0 Å². The molecule has 0 unspecified atom stereocenters. The molecule has 0 radical (unpaired) electrons. The summed E-state index contributed by atoms with van der Waals surface area (Å²) in [5, 5.41) is 0. The zero-order valence-electron chi connectivity index (χ0n) is 12.1. The van der Waals surface area contributed by atoms with Crippen LogP contribution in [-0.2, 0) is 14.4 Å². The molecular formula is C17H17NO3. The van der Waals surface area contributed by atoms with Crippen molar-refractivity contribution in [1.29, 1.82) is 0 Å². The van der Waals surface area contributed by atoms with Crippen LogP contribution >= 0.6 is 0 Å². The number of rotatable bonds is 1. The van der Waals surface area contributed by atoms with Crippen LogP contribution in [-0.4, -0.2) is 17.6 Å². The topological polar surface area (TPSA) is 54.5 Å². The molecule has 2 bridgehead atoms. The van der Waals surface area contributed by atoms with Crippen molar-refractivity contribution in [2.75, 3.05) is 4.90 Å². The van der Waals surface area contributed by atoms with Gasteiger partial charge in [0.25, 0.3) is 0 Å². The Morgan fingerprint density at radius 3 is 2.29 bits per heavy atom. The van der Waals surface area contributed by atoms with Gasteiger partial charge < -0.3 is 0 Å². The molecule has 2 saturated carbocycles. The summed E-state index contributed by atoms with van der Waals surface area (Å²) in [6.45, 7) is 3.85. The van der Waals surface area contributed by atoms with Crippen molar-refractivity contribution < 1.29 is 14.4 Å². The van der Waals surface area contributed by atoms with Gasteiger partial charge in [0.1, 0.15) is 5.78 Å². The van der Waals surface area contributed by atoms with E-state index in [4.69, 9.17) is 0 Å². The molecule has 3 fully saturated rings. The Morgan fingerprint density at radius 2 is 1.62 bits per heavy atom. The average molecular weight is 283 g/mol. The first-order valence-electron chi connectivity index (χ1n) is 7.35. The lowest BCUT2D eigenvalue weighted by atomic mass is 9.68. The number of para-hydroxylation sites is 1. The van der Waals surface area contributed by atoms with Gasteiger partial charge in [0.05, 0.1) is 17.5 Å². The number of fused-ring (bicyclic) bond motifs is 5. The molecule has 0 N–H and O–H groups in total. The van der Waals surface area contributed by atoms with Crippen molar-refractivity contribution >= 4 is 23.3 Å². The molecular weight excluding hydrogens is 266 g/mol. The van der Waals surface area contributed by atoms with Gasteiger partial charge in [-0.2, -0.15) is 0 Å². The number of hydrogen-bond acceptors (Lipinski definition) is 3. The van der Waals surface area contributed by atoms with E-state index in [1.807, 2.05) is 32.0 Å². The molecule has 4 atom stereocenters. The van der Waals surface area contributed by atoms with Gasteiger partial charge in [-0.1, -0.05) is 32.0 Å². The van der Waals surface area contributed by atoms with Gasteiger partial charge in [0.2, 0.25) is 11.8 Å². The van der Waals surface area contributed by atoms with Crippen LogP contribution in [0.15, 0.2) is 30.3 Å². The maximum atomic E-state index is 12.8. The SMILES string of the molecule is C[C@@]12CC(=O)[C@@](C)(C1)[C@@H]1C(=O)N(c3ccccc3)C(=O)[C@H]12. The summed E-state index contributed by atoms with van der Waals surface area (Å²) in [4.78, 5) is 39.3. The number of ketones is 1. The second-order valence-electron chi connectivity index (χ2n) is 7.15. The third kappa shape index (κ3) is 1.33. The van der Waals surface area contributed by atoms with Crippen LogP contribution in [0.5, 0.6) is 0 Å². The Hall–Kier alpha value is -1.97. The van der Waals surface area contributed by atoms with Crippen LogP contribution in [0.25, 0.3) is 0 Å². The summed E-state index contributed by atoms with van der Waals surface area (Å²) in [6, 6.07) is 9.02. The second kappa shape index (κ2) is 3.62. The number of carbonyl (C=O) groups is 3. The lowest BCUT2D eigenvalue weighted by Gasteiger charge is -2.30. The standard InChI is InChI=1S/C17H17NO3/c1-16-8-11(19)17(2,9-16)13-12(16)14(20)18(15(13)21)10-6-4-3-5-7-10/h3-7,12-13H,8-9H2,1-2H3/t12-,13-,16+,17+/m0/s1. The fourth-order valence-electron chi connectivity index (χ4n) is 4.92. The van der Waals surface area contributed by atoms with E-state index in [0.717, 1.165) is 0 Å². The molecule has 0 spiro atoms. The monoisotopic (exact) mass is 283 g/mol. The van der Waals surface area contributed by atoms with Crippen molar-refractivity contribution in [3.63, 3.8) is 0 Å². The highest BCUT2D eigenvalue weighted by atomic mass is 16.2. The molecule has 4 heteroatoms. The van der Waals surface area contributed by atoms with Crippen LogP contribution in [0, 0.1) is 22.7 Å². The molecule has 1 saturated heterocycles. The van der Waals surface area contributed by atoms with E-state index in [0.29, 0.717) is 18.5 Å². The van der Waals surface area contributed by atoms with Gasteiger partial charge in [-0.05, 0) is 24.0 Å². The van der Waals surface area contributed by atoms with Crippen LogP contribution in [0.2, 0.25) is 0 Å². The van der Waals surface area contributed by atoms with Crippen LogP contribution < -0.4 is 4.90 Å². The van der Waals surface area contributed by atoms with Crippen LogP contribution in [0.1, 0.15) is 26.7 Å². The summed E-state index contributed by atoms with van der Waals surface area (Å²) < 4.78 is 0. The zero-order valence-corrected chi connectivity index (χ0v) is 12.1. The molecule has 3 aliphatic rings. The first-order valence-corrected chi connectivity index (χ1v) is 7.35. The first-order chi connectivity index (χ1) is 9.88. The molecule has 21 heavy (non-hydrogen) atoms. The second-order valence-corrected chi connectivity index (χ2v) is 7.15. The van der Waals surface area contributed by atoms with E-state index in [1.165, 1.54) is 4.90 Å². The average Bonchev–Trinajstić information content (AvgIpc) is 2.93. The molecule has 1 heterocycles. The van der Waals surface area contributed by atoms with Crippen LogP contribution in [0.3, 0.4) is 0 Å². The van der Waals surface area contributed by atoms with Gasteiger partial charge in [-0.25, -0.2) is 0 Å². The number of nitrogens with zero attached hydrogens (tertiary/aromatic N) is 1. The van der Waals surface area contributed by atoms with Gasteiger partial charge >= 0.3 is 0 Å². The van der Waals surface area contributed by atoms with E-state index in [9.17, 15) is 14.4 Å². The maximum Gasteiger partial charge on any atom is 0.238 e. The number of imide groups is 1. The smallest absolute Gasteiger partial charge is 0.238 e. The summed E-state index contributed by atoms with van der Waals surface area (Å²) in [5.41, 5.74) is -0.399. The van der Waals surface area contributed by atoms with E-state index >= 15 is 0 Å². The minimum Gasteiger partial charge on any atom is -0.299 e. The number of Topliss-reactive ketones (excluding diaryl/α,β-unsaturated/α-hetero) is 1. The number of hydrogen-bond donors (Lipinski definition) is 0. The Morgan fingerprint density at radius 1 is 1.00 bits per heavy atom. The number of anilines is 1. The summed E-state index contributed by atoms with van der Waals surface area (Å²) in [7, 11) is 0. The van der Waals surface area contributed by atoms with Crippen molar-refractivity contribution in [3.05, 3.63) is 30.3 Å². The molecule has 1 aromatic rings. The van der Waals surface area contributed by atoms with E-state index < -0.39 is 11.3 Å². The predicted molar refractivity (Wildman–Crippen MR) is 76.4 cm³/mol. The largest absolute Gasteiger partial charge is 0.299 e. The third-order valence-electron chi connectivity index (χ3n) is 5.73. The minimum absolute atomic E-state index is 0.130. The highest BCUT2D eigenvalue weighted by molar-refractivity contribution is 6.24. The molecule has 108 valence electrons. The molecule has 2 aliphatic carbocycles. The van der Waals surface area contributed by atoms with E-state index in [-0.39, 0.29) is 28.9 Å². The zero-order chi connectivity index (χ0) is 15.0. The van der Waals surface area contributed by atoms with Gasteiger partial charge in [-0.15, -0.1) is 0 Å². The third-order valence-corrected chi connectivity index (χ3v) is 5.73. The predicted octanol–water partition coefficient (Wildman–Crippen LogP) is 2.18. The highest BCUT2D eigenvalue weighted by Crippen LogP contribution is 2.67. The van der Waals surface area contributed by atoms with Gasteiger partial charge in [0.15, 0.2) is 0 Å². The molecule has 0 aromatic heterocycles. The molecule has 4 rings (SSSR count). The van der Waals surface area contributed by atoms with E-state index in [1.54, 1.807) is 12.1 Å². The highest BCUT2D eigenvalue weighted by Gasteiger charge is 2.74. The summed E-state index contributed by atoms with van der Waals surface area (Å²) in [5.74, 6) is -1.00. The Kier molecular flexibility index (Phi) is 2.19. The van der Waals surface area contributed by atoms with Gasteiger partial charge in [-0.3, -0.25) is 19.3 Å². The quantitative estimate of drug-likeness (QED) is 0.742. The molecule has 4 nitrogen and oxygen atoms in total. The minimum atomic E-state index is -0.657. The lowest BCUT2D eigenvalue weighted by Crippen LogP contribution is -2.40. The normalized spacial score (nSPS) is 41.0. The number of carbonyl (C=O) groups excluding carboxylic acids is 3. The Bertz CT molecular complexity index is 683. The maximum absolute atomic E-state index is 12.8. The summed E-state index contributed by atoms with van der Waals surface area (Å²) >= 11 is 0. The summed E-state index contributed by atoms with van der Waals surface area (Å²) in [6.07, 6.45) is 1.08. The number of benzene rings is 1. The molecule has 1 aliphatic heterocycles. The van der Waals surface area contributed by atoms with Crippen molar-refractivity contribution in [2.24, 2.45) is 22.7 Å². The molecule has 2 amide bonds. The molecule has 1 aromatic carbocycles. The first kappa shape index (κ1) is 12.7. The Labute approximate surface area is 123 Å². The fourth-order valence-corrected chi connectivity index (χ4v) is 4.92. The Balaban J connectivity index is 1.84. The fraction of sp³-hybridized carbons (Fsp3) is 0.471. The van der Waals surface area contributed by atoms with Crippen molar-refractivity contribution in [2.45, 2.75) is 26.7 Å². The van der Waals surface area contributed by atoms with Gasteiger partial charge in [0, 0.05) is 11.8 Å².